The molecule has 1 atom stereocenters. The molecule has 0 aliphatic carbocycles. The molecule has 0 radical (unpaired) electrons. The lowest BCUT2D eigenvalue weighted by Gasteiger charge is -2.15. The summed E-state index contributed by atoms with van der Waals surface area (Å²) in [6.45, 7) is 1.76. The van der Waals surface area contributed by atoms with Crippen molar-refractivity contribution in [3.8, 4) is 0 Å². The fourth-order valence-corrected chi connectivity index (χ4v) is 2.07. The monoisotopic (exact) mass is 268 g/mol. The summed E-state index contributed by atoms with van der Waals surface area (Å²) in [4.78, 5) is 0. The summed E-state index contributed by atoms with van der Waals surface area (Å²) in [6, 6.07) is 7.86. The van der Waals surface area contributed by atoms with E-state index in [1.807, 2.05) is 0 Å². The van der Waals surface area contributed by atoms with Crippen molar-refractivity contribution in [2.75, 3.05) is 0 Å². The molecule has 1 nitrogen and oxygen atoms in total. The van der Waals surface area contributed by atoms with Crippen LogP contribution in [-0.2, 0) is 0 Å². The number of aryl methyl sites for hydroxylation is 1. The topological polar surface area (TPSA) is 20.2 Å². The van der Waals surface area contributed by atoms with Gasteiger partial charge in [0, 0.05) is 10.6 Å². The van der Waals surface area contributed by atoms with Crippen molar-refractivity contribution in [3.63, 3.8) is 0 Å². The van der Waals surface area contributed by atoms with Gasteiger partial charge in [0.05, 0.1) is 0 Å². The SMILES string of the molecule is Cc1ccc(F)cc1C(O)c1ccc(F)cc1Cl. The fraction of sp³-hybridized carbons (Fsp3) is 0.143. The molecule has 2 rings (SSSR count). The van der Waals surface area contributed by atoms with Crippen LogP contribution in [0.5, 0.6) is 0 Å². The number of benzene rings is 2. The van der Waals surface area contributed by atoms with Gasteiger partial charge in [0.1, 0.15) is 17.7 Å². The zero-order chi connectivity index (χ0) is 13.3. The van der Waals surface area contributed by atoms with Crippen LogP contribution >= 0.6 is 11.6 Å². The highest BCUT2D eigenvalue weighted by atomic mass is 35.5. The van der Waals surface area contributed by atoms with Crippen LogP contribution in [0.1, 0.15) is 22.8 Å². The average Bonchev–Trinajstić information content (AvgIpc) is 2.31. The zero-order valence-electron chi connectivity index (χ0n) is 9.62. The first-order valence-corrected chi connectivity index (χ1v) is 5.76. The molecule has 0 aliphatic rings. The molecule has 0 bridgehead atoms. The Morgan fingerprint density at radius 3 is 2.28 bits per heavy atom. The largest absolute Gasteiger partial charge is 0.384 e. The van der Waals surface area contributed by atoms with Crippen LogP contribution in [0.15, 0.2) is 36.4 Å². The number of aliphatic hydroxyl groups is 1. The summed E-state index contributed by atoms with van der Waals surface area (Å²) in [7, 11) is 0. The van der Waals surface area contributed by atoms with Crippen molar-refractivity contribution in [3.05, 3.63) is 69.7 Å². The van der Waals surface area contributed by atoms with Gasteiger partial charge in [-0.15, -0.1) is 0 Å². The second-order valence-corrected chi connectivity index (χ2v) is 4.48. The standard InChI is InChI=1S/C14H11ClF2O/c1-8-2-3-9(16)6-12(8)14(18)11-5-4-10(17)7-13(11)15/h2-7,14,18H,1H3. The number of aliphatic hydroxyl groups excluding tert-OH is 1. The quantitative estimate of drug-likeness (QED) is 0.873. The second kappa shape index (κ2) is 5.04. The maximum absolute atomic E-state index is 13.2. The average molecular weight is 269 g/mol. The smallest absolute Gasteiger partial charge is 0.124 e. The molecule has 0 saturated carbocycles. The minimum Gasteiger partial charge on any atom is -0.384 e. The number of halogens is 3. The van der Waals surface area contributed by atoms with Crippen molar-refractivity contribution in [2.45, 2.75) is 13.0 Å². The Morgan fingerprint density at radius 1 is 1.00 bits per heavy atom. The Bertz CT molecular complexity index is 584. The van der Waals surface area contributed by atoms with Crippen LogP contribution in [0.25, 0.3) is 0 Å². The molecular weight excluding hydrogens is 258 g/mol. The minimum atomic E-state index is -1.08. The van der Waals surface area contributed by atoms with E-state index in [2.05, 4.69) is 0 Å². The van der Waals surface area contributed by atoms with Crippen molar-refractivity contribution in [1.29, 1.82) is 0 Å². The van der Waals surface area contributed by atoms with Crippen LogP contribution < -0.4 is 0 Å². The molecule has 0 amide bonds. The molecule has 18 heavy (non-hydrogen) atoms. The first-order valence-electron chi connectivity index (χ1n) is 5.38. The third kappa shape index (κ3) is 2.52. The van der Waals surface area contributed by atoms with Gasteiger partial charge in [-0.2, -0.15) is 0 Å². The van der Waals surface area contributed by atoms with Gasteiger partial charge in [0.15, 0.2) is 0 Å². The summed E-state index contributed by atoms with van der Waals surface area (Å²) >= 11 is 5.87. The van der Waals surface area contributed by atoms with Gasteiger partial charge in [-0.3, -0.25) is 0 Å². The van der Waals surface area contributed by atoms with Crippen molar-refractivity contribution in [1.82, 2.24) is 0 Å². The first kappa shape index (κ1) is 13.0. The van der Waals surface area contributed by atoms with Crippen LogP contribution in [0.4, 0.5) is 8.78 Å². The Labute approximate surface area is 109 Å². The highest BCUT2D eigenvalue weighted by molar-refractivity contribution is 6.31. The van der Waals surface area contributed by atoms with Crippen LogP contribution in [0.2, 0.25) is 5.02 Å². The Hall–Kier alpha value is -1.45. The molecular formula is C14H11ClF2O. The summed E-state index contributed by atoms with van der Waals surface area (Å²) in [5, 5.41) is 10.3. The van der Waals surface area contributed by atoms with Gasteiger partial charge in [-0.05, 0) is 42.3 Å². The third-order valence-corrected chi connectivity index (χ3v) is 3.12. The third-order valence-electron chi connectivity index (χ3n) is 2.79. The molecule has 0 fully saturated rings. The predicted molar refractivity (Wildman–Crippen MR) is 66.6 cm³/mol. The maximum atomic E-state index is 13.2. The zero-order valence-corrected chi connectivity index (χ0v) is 10.4. The van der Waals surface area contributed by atoms with Crippen LogP contribution in [-0.4, -0.2) is 5.11 Å². The summed E-state index contributed by atoms with van der Waals surface area (Å²) in [5.41, 5.74) is 1.51. The normalized spacial score (nSPS) is 12.5. The van der Waals surface area contributed by atoms with Crippen LogP contribution in [0, 0.1) is 18.6 Å². The second-order valence-electron chi connectivity index (χ2n) is 4.07. The fourth-order valence-electron chi connectivity index (χ4n) is 1.80. The van der Waals surface area contributed by atoms with Gasteiger partial charge in [0.2, 0.25) is 0 Å². The molecule has 2 aromatic rings. The van der Waals surface area contributed by atoms with Gasteiger partial charge >= 0.3 is 0 Å². The highest BCUT2D eigenvalue weighted by Crippen LogP contribution is 2.30. The summed E-state index contributed by atoms with van der Waals surface area (Å²) in [6.07, 6.45) is -1.08. The maximum Gasteiger partial charge on any atom is 0.124 e. The van der Waals surface area contributed by atoms with E-state index >= 15 is 0 Å². The summed E-state index contributed by atoms with van der Waals surface area (Å²) < 4.78 is 26.1. The molecule has 0 aromatic heterocycles. The van der Waals surface area contributed by atoms with E-state index in [0.717, 1.165) is 11.6 Å². The molecule has 0 heterocycles. The van der Waals surface area contributed by atoms with E-state index in [9.17, 15) is 13.9 Å². The molecule has 0 aliphatic heterocycles. The van der Waals surface area contributed by atoms with E-state index in [0.29, 0.717) is 11.1 Å². The van der Waals surface area contributed by atoms with Gasteiger partial charge in [-0.1, -0.05) is 23.7 Å². The molecule has 1 unspecified atom stereocenters. The molecule has 0 saturated heterocycles. The van der Waals surface area contributed by atoms with Gasteiger partial charge in [-0.25, -0.2) is 8.78 Å². The van der Waals surface area contributed by atoms with E-state index in [4.69, 9.17) is 11.6 Å². The molecule has 4 heteroatoms. The molecule has 0 spiro atoms. The van der Waals surface area contributed by atoms with Gasteiger partial charge < -0.3 is 5.11 Å². The minimum absolute atomic E-state index is 0.117. The van der Waals surface area contributed by atoms with E-state index in [1.165, 1.54) is 24.3 Å². The molecule has 2 aromatic carbocycles. The van der Waals surface area contributed by atoms with Crippen LogP contribution in [0.3, 0.4) is 0 Å². The van der Waals surface area contributed by atoms with Crippen molar-refractivity contribution >= 4 is 11.6 Å². The lowest BCUT2D eigenvalue weighted by atomic mass is 9.97. The van der Waals surface area contributed by atoms with Crippen molar-refractivity contribution in [2.24, 2.45) is 0 Å². The highest BCUT2D eigenvalue weighted by Gasteiger charge is 2.17. The molecule has 1 N–H and O–H groups in total. The Balaban J connectivity index is 2.47. The predicted octanol–water partition coefficient (Wildman–Crippen LogP) is 4.01. The van der Waals surface area contributed by atoms with E-state index in [1.54, 1.807) is 13.0 Å². The number of hydrogen-bond donors (Lipinski definition) is 1. The summed E-state index contributed by atoms with van der Waals surface area (Å²) in [5.74, 6) is -0.917. The van der Waals surface area contributed by atoms with Gasteiger partial charge in [0.25, 0.3) is 0 Å². The van der Waals surface area contributed by atoms with E-state index < -0.39 is 17.7 Å². The number of hydrogen-bond acceptors (Lipinski definition) is 1. The Morgan fingerprint density at radius 2 is 1.61 bits per heavy atom. The van der Waals surface area contributed by atoms with Crippen molar-refractivity contribution < 1.29 is 13.9 Å². The Kier molecular flexibility index (Phi) is 3.64. The lowest BCUT2D eigenvalue weighted by Crippen LogP contribution is -2.03. The lowest BCUT2D eigenvalue weighted by molar-refractivity contribution is 0.219. The first-order chi connectivity index (χ1) is 8.49. The number of rotatable bonds is 2. The molecule has 94 valence electrons. The van der Waals surface area contributed by atoms with E-state index in [-0.39, 0.29) is 5.02 Å².